The van der Waals surface area contributed by atoms with Gasteiger partial charge in [0.1, 0.15) is 5.82 Å². The molecule has 17 heavy (non-hydrogen) atoms. The van der Waals surface area contributed by atoms with Crippen LogP contribution in [-0.2, 0) is 4.74 Å². The Labute approximate surface area is 102 Å². The number of nitrogens with two attached hydrogens (primary N) is 1. The molecule has 4 heteroatoms. The van der Waals surface area contributed by atoms with Crippen LogP contribution in [0, 0.1) is 18.7 Å². The van der Waals surface area contributed by atoms with Gasteiger partial charge in [-0.1, -0.05) is 19.1 Å². The van der Waals surface area contributed by atoms with Crippen LogP contribution >= 0.6 is 0 Å². The molecule has 0 aliphatic heterocycles. The molecule has 96 valence electrons. The summed E-state index contributed by atoms with van der Waals surface area (Å²) in [5.41, 5.74) is 4.27. The highest BCUT2D eigenvalue weighted by molar-refractivity contribution is 5.26. The number of hydrogen-bond donors (Lipinski definition) is 2. The van der Waals surface area contributed by atoms with Crippen LogP contribution in [0.5, 0.6) is 0 Å². The van der Waals surface area contributed by atoms with Crippen LogP contribution in [0.15, 0.2) is 18.2 Å². The van der Waals surface area contributed by atoms with E-state index in [9.17, 15) is 4.39 Å². The zero-order valence-corrected chi connectivity index (χ0v) is 10.7. The van der Waals surface area contributed by atoms with Crippen LogP contribution in [0.3, 0.4) is 0 Å². The van der Waals surface area contributed by atoms with Gasteiger partial charge in [-0.15, -0.1) is 0 Å². The Bertz CT molecular complexity index is 357. The Balaban J connectivity index is 2.81. The molecule has 1 aromatic rings. The third-order valence-electron chi connectivity index (χ3n) is 3.08. The zero-order chi connectivity index (χ0) is 12.8. The number of hydrogen-bond acceptors (Lipinski definition) is 3. The third kappa shape index (κ3) is 3.77. The molecule has 2 unspecified atom stereocenters. The number of halogens is 1. The summed E-state index contributed by atoms with van der Waals surface area (Å²) in [5.74, 6) is 5.64. The lowest BCUT2D eigenvalue weighted by Gasteiger charge is -2.23. The molecule has 0 aromatic heterocycles. The smallest absolute Gasteiger partial charge is 0.126 e. The molecule has 0 saturated carbocycles. The van der Waals surface area contributed by atoms with Gasteiger partial charge in [-0.05, 0) is 36.5 Å². The van der Waals surface area contributed by atoms with E-state index in [-0.39, 0.29) is 17.8 Å². The van der Waals surface area contributed by atoms with E-state index in [1.807, 2.05) is 6.07 Å². The second-order valence-corrected chi connectivity index (χ2v) is 4.41. The van der Waals surface area contributed by atoms with Crippen molar-refractivity contribution in [3.8, 4) is 0 Å². The summed E-state index contributed by atoms with van der Waals surface area (Å²) in [7, 11) is 1.67. The summed E-state index contributed by atoms with van der Waals surface area (Å²) in [6, 6.07) is 5.17. The molecular weight excluding hydrogens is 219 g/mol. The Morgan fingerprint density at radius 2 is 2.18 bits per heavy atom. The predicted octanol–water partition coefficient (Wildman–Crippen LogP) is 2.31. The fraction of sp³-hybridized carbons (Fsp3) is 0.538. The SMILES string of the molecule is COCCC(C)C(NN)c1ccc(C)c(F)c1. The maximum absolute atomic E-state index is 13.5. The minimum Gasteiger partial charge on any atom is -0.385 e. The van der Waals surface area contributed by atoms with Crippen molar-refractivity contribution in [1.82, 2.24) is 5.43 Å². The zero-order valence-electron chi connectivity index (χ0n) is 10.7. The van der Waals surface area contributed by atoms with Crippen LogP contribution in [0.4, 0.5) is 4.39 Å². The van der Waals surface area contributed by atoms with Gasteiger partial charge in [0.15, 0.2) is 0 Å². The number of ether oxygens (including phenoxy) is 1. The summed E-state index contributed by atoms with van der Waals surface area (Å²) in [5, 5.41) is 0. The quantitative estimate of drug-likeness (QED) is 0.592. The van der Waals surface area contributed by atoms with E-state index in [0.29, 0.717) is 12.2 Å². The Kier molecular flexibility index (Phi) is 5.55. The van der Waals surface area contributed by atoms with Gasteiger partial charge in [0, 0.05) is 19.8 Å². The summed E-state index contributed by atoms with van der Waals surface area (Å²) in [6.45, 7) is 4.49. The number of hydrazine groups is 1. The highest BCUT2D eigenvalue weighted by atomic mass is 19.1. The summed E-state index contributed by atoms with van der Waals surface area (Å²) >= 11 is 0. The van der Waals surface area contributed by atoms with Gasteiger partial charge >= 0.3 is 0 Å². The minimum absolute atomic E-state index is 0.0553. The van der Waals surface area contributed by atoms with Crippen molar-refractivity contribution in [2.24, 2.45) is 11.8 Å². The molecular formula is C13H21FN2O. The van der Waals surface area contributed by atoms with E-state index in [1.165, 1.54) is 0 Å². The topological polar surface area (TPSA) is 47.3 Å². The fourth-order valence-electron chi connectivity index (χ4n) is 1.86. The highest BCUT2D eigenvalue weighted by Crippen LogP contribution is 2.25. The number of benzene rings is 1. The van der Waals surface area contributed by atoms with Crippen LogP contribution in [0.1, 0.15) is 30.5 Å². The van der Waals surface area contributed by atoms with E-state index < -0.39 is 0 Å². The Morgan fingerprint density at radius 3 is 2.71 bits per heavy atom. The van der Waals surface area contributed by atoms with E-state index in [4.69, 9.17) is 10.6 Å². The molecule has 2 atom stereocenters. The fourth-order valence-corrected chi connectivity index (χ4v) is 1.86. The Hall–Kier alpha value is -0.970. The van der Waals surface area contributed by atoms with Gasteiger partial charge in [-0.25, -0.2) is 4.39 Å². The standard InChI is InChI=1S/C13H21FN2O/c1-9-4-5-11(8-12(9)14)13(16-15)10(2)6-7-17-3/h4-5,8,10,13,16H,6-7,15H2,1-3H3. The van der Waals surface area contributed by atoms with Gasteiger partial charge in [0.2, 0.25) is 0 Å². The highest BCUT2D eigenvalue weighted by Gasteiger charge is 2.18. The molecule has 3 N–H and O–H groups in total. The molecule has 0 saturated heterocycles. The predicted molar refractivity (Wildman–Crippen MR) is 66.9 cm³/mol. The van der Waals surface area contributed by atoms with Crippen molar-refractivity contribution < 1.29 is 9.13 Å². The van der Waals surface area contributed by atoms with E-state index in [2.05, 4.69) is 12.3 Å². The molecule has 0 fully saturated rings. The van der Waals surface area contributed by atoms with Gasteiger partial charge in [0.25, 0.3) is 0 Å². The molecule has 0 bridgehead atoms. The van der Waals surface area contributed by atoms with E-state index in [1.54, 1.807) is 26.2 Å². The van der Waals surface area contributed by atoms with Gasteiger partial charge in [-0.3, -0.25) is 11.3 Å². The number of rotatable bonds is 6. The first kappa shape index (κ1) is 14.1. The average Bonchev–Trinajstić information content (AvgIpc) is 2.32. The first-order valence-corrected chi connectivity index (χ1v) is 5.81. The monoisotopic (exact) mass is 240 g/mol. The van der Waals surface area contributed by atoms with Gasteiger partial charge < -0.3 is 4.74 Å². The number of methoxy groups -OCH3 is 1. The van der Waals surface area contributed by atoms with Crippen LogP contribution in [0.25, 0.3) is 0 Å². The average molecular weight is 240 g/mol. The second kappa shape index (κ2) is 6.69. The second-order valence-electron chi connectivity index (χ2n) is 4.41. The third-order valence-corrected chi connectivity index (χ3v) is 3.08. The largest absolute Gasteiger partial charge is 0.385 e. The van der Waals surface area contributed by atoms with Crippen LogP contribution < -0.4 is 11.3 Å². The molecule has 0 spiro atoms. The normalized spacial score (nSPS) is 14.6. The number of aryl methyl sites for hydroxylation is 1. The summed E-state index contributed by atoms with van der Waals surface area (Å²) < 4.78 is 18.5. The van der Waals surface area contributed by atoms with Crippen LogP contribution in [0.2, 0.25) is 0 Å². The van der Waals surface area contributed by atoms with E-state index in [0.717, 1.165) is 12.0 Å². The van der Waals surface area contributed by atoms with Gasteiger partial charge in [0.05, 0.1) is 0 Å². The molecule has 0 heterocycles. The van der Waals surface area contributed by atoms with Crippen LogP contribution in [-0.4, -0.2) is 13.7 Å². The van der Waals surface area contributed by atoms with Crippen molar-refractivity contribution in [3.05, 3.63) is 35.1 Å². The van der Waals surface area contributed by atoms with Crippen molar-refractivity contribution >= 4 is 0 Å². The summed E-state index contributed by atoms with van der Waals surface area (Å²) in [4.78, 5) is 0. The molecule has 0 amide bonds. The van der Waals surface area contributed by atoms with Crippen molar-refractivity contribution in [1.29, 1.82) is 0 Å². The minimum atomic E-state index is -0.193. The molecule has 0 aliphatic carbocycles. The maximum atomic E-state index is 13.5. The molecule has 3 nitrogen and oxygen atoms in total. The van der Waals surface area contributed by atoms with Crippen molar-refractivity contribution in [2.45, 2.75) is 26.3 Å². The first-order chi connectivity index (χ1) is 8.10. The lowest BCUT2D eigenvalue weighted by Crippen LogP contribution is -2.33. The molecule has 1 rings (SSSR count). The maximum Gasteiger partial charge on any atom is 0.126 e. The van der Waals surface area contributed by atoms with Crippen molar-refractivity contribution in [2.75, 3.05) is 13.7 Å². The lowest BCUT2D eigenvalue weighted by atomic mass is 9.92. The van der Waals surface area contributed by atoms with Crippen molar-refractivity contribution in [3.63, 3.8) is 0 Å². The molecule has 1 aromatic carbocycles. The summed E-state index contributed by atoms with van der Waals surface area (Å²) in [6.07, 6.45) is 0.876. The van der Waals surface area contributed by atoms with Gasteiger partial charge in [-0.2, -0.15) is 0 Å². The van der Waals surface area contributed by atoms with E-state index >= 15 is 0 Å². The Morgan fingerprint density at radius 1 is 1.47 bits per heavy atom. The lowest BCUT2D eigenvalue weighted by molar-refractivity contribution is 0.170. The first-order valence-electron chi connectivity index (χ1n) is 5.81. The molecule has 0 radical (unpaired) electrons. The molecule has 0 aliphatic rings. The number of nitrogens with one attached hydrogen (secondary N) is 1.